The van der Waals surface area contributed by atoms with Gasteiger partial charge < -0.3 is 9.47 Å². The van der Waals surface area contributed by atoms with Gasteiger partial charge in [0.1, 0.15) is 5.60 Å². The van der Waals surface area contributed by atoms with Crippen LogP contribution in [0.3, 0.4) is 0 Å². The van der Waals surface area contributed by atoms with E-state index in [2.05, 4.69) is 32.2 Å². The summed E-state index contributed by atoms with van der Waals surface area (Å²) in [7, 11) is 0. The lowest BCUT2D eigenvalue weighted by Crippen LogP contribution is -2.40. The average molecular weight is 357 g/mol. The normalized spacial score (nSPS) is 24.5. The van der Waals surface area contributed by atoms with Gasteiger partial charge in [-0.1, -0.05) is 48.6 Å². The van der Waals surface area contributed by atoms with Gasteiger partial charge in [-0.2, -0.15) is 0 Å². The zero-order chi connectivity index (χ0) is 19.3. The van der Waals surface area contributed by atoms with Crippen LogP contribution in [0.5, 0.6) is 0 Å². The number of ether oxygens (including phenoxy) is 2. The van der Waals surface area contributed by atoms with Crippen molar-refractivity contribution in [2.75, 3.05) is 0 Å². The molecule has 0 spiro atoms. The van der Waals surface area contributed by atoms with Crippen molar-refractivity contribution in [2.24, 2.45) is 11.8 Å². The Labute approximate surface area is 158 Å². The molecule has 0 amide bonds. The third kappa shape index (κ3) is 5.31. The molecule has 2 rings (SSSR count). The summed E-state index contributed by atoms with van der Waals surface area (Å²) >= 11 is 0. The standard InChI is InChI=1S/C23H32O3/c1-7-11-19(22(24)26-23(4,5)6)20-15-14-18(16(2)3)21(25-20)17-12-9-8-10-13-17/h7-10,12-13,18-21H,1-2,11,14-15H2,3-6H3/t18?,19-,20-,21?/m0/s1. The van der Waals surface area contributed by atoms with Crippen LogP contribution in [0.25, 0.3) is 0 Å². The van der Waals surface area contributed by atoms with Crippen molar-refractivity contribution in [1.82, 2.24) is 0 Å². The molecule has 142 valence electrons. The fourth-order valence-corrected chi connectivity index (χ4v) is 3.56. The first-order valence-corrected chi connectivity index (χ1v) is 9.42. The lowest BCUT2D eigenvalue weighted by Gasteiger charge is -2.40. The van der Waals surface area contributed by atoms with E-state index >= 15 is 0 Å². The molecular formula is C23H32O3. The van der Waals surface area contributed by atoms with Gasteiger partial charge in [0.15, 0.2) is 0 Å². The van der Waals surface area contributed by atoms with Crippen LogP contribution in [0, 0.1) is 11.8 Å². The molecule has 0 aliphatic carbocycles. The molecular weight excluding hydrogens is 324 g/mol. The van der Waals surface area contributed by atoms with E-state index in [1.54, 1.807) is 6.08 Å². The van der Waals surface area contributed by atoms with E-state index in [9.17, 15) is 4.79 Å². The highest BCUT2D eigenvalue weighted by atomic mass is 16.6. The third-order valence-electron chi connectivity index (χ3n) is 4.79. The molecule has 26 heavy (non-hydrogen) atoms. The van der Waals surface area contributed by atoms with Crippen LogP contribution in [-0.4, -0.2) is 17.7 Å². The number of hydrogen-bond acceptors (Lipinski definition) is 3. The molecule has 0 radical (unpaired) electrons. The van der Waals surface area contributed by atoms with Gasteiger partial charge in [-0.25, -0.2) is 0 Å². The summed E-state index contributed by atoms with van der Waals surface area (Å²) in [5, 5.41) is 0. The van der Waals surface area contributed by atoms with Crippen LogP contribution in [0.15, 0.2) is 55.1 Å². The van der Waals surface area contributed by atoms with Crippen molar-refractivity contribution in [2.45, 2.75) is 64.8 Å². The van der Waals surface area contributed by atoms with E-state index in [4.69, 9.17) is 9.47 Å². The summed E-state index contributed by atoms with van der Waals surface area (Å²) in [6.07, 6.45) is 3.85. The molecule has 3 heteroatoms. The number of esters is 1. The van der Waals surface area contributed by atoms with Crippen molar-refractivity contribution in [3.05, 3.63) is 60.7 Å². The highest BCUT2D eigenvalue weighted by Crippen LogP contribution is 2.42. The van der Waals surface area contributed by atoms with E-state index in [0.29, 0.717) is 6.42 Å². The molecule has 1 aromatic rings. The molecule has 1 heterocycles. The third-order valence-corrected chi connectivity index (χ3v) is 4.79. The Bertz CT molecular complexity index is 627. The maximum Gasteiger partial charge on any atom is 0.312 e. The van der Waals surface area contributed by atoms with Crippen LogP contribution in [-0.2, 0) is 14.3 Å². The summed E-state index contributed by atoms with van der Waals surface area (Å²) in [5.41, 5.74) is 1.74. The first kappa shape index (κ1) is 20.4. The number of hydrogen-bond donors (Lipinski definition) is 0. The largest absolute Gasteiger partial charge is 0.460 e. The lowest BCUT2D eigenvalue weighted by molar-refractivity contribution is -0.172. The molecule has 0 saturated carbocycles. The molecule has 1 aliphatic rings. The van der Waals surface area contributed by atoms with E-state index < -0.39 is 5.60 Å². The molecule has 1 fully saturated rings. The summed E-state index contributed by atoms with van der Waals surface area (Å²) in [5.74, 6) is -0.274. The van der Waals surface area contributed by atoms with Gasteiger partial charge in [-0.05, 0) is 52.5 Å². The monoisotopic (exact) mass is 356 g/mol. The van der Waals surface area contributed by atoms with Crippen LogP contribution in [0.1, 0.15) is 58.6 Å². The number of rotatable bonds is 6. The molecule has 1 saturated heterocycles. The van der Waals surface area contributed by atoms with E-state index in [1.165, 1.54) is 0 Å². The first-order valence-electron chi connectivity index (χ1n) is 9.42. The minimum absolute atomic E-state index is 0.0813. The van der Waals surface area contributed by atoms with Crippen molar-refractivity contribution < 1.29 is 14.3 Å². The minimum Gasteiger partial charge on any atom is -0.460 e. The van der Waals surface area contributed by atoms with Gasteiger partial charge in [0.05, 0.1) is 18.1 Å². The first-order chi connectivity index (χ1) is 12.2. The van der Waals surface area contributed by atoms with Crippen molar-refractivity contribution in [1.29, 1.82) is 0 Å². The number of carbonyl (C=O) groups excluding carboxylic acids is 1. The topological polar surface area (TPSA) is 35.5 Å². The van der Waals surface area contributed by atoms with Crippen LogP contribution < -0.4 is 0 Å². The number of benzene rings is 1. The second kappa shape index (κ2) is 8.68. The van der Waals surface area contributed by atoms with Gasteiger partial charge in [-0.3, -0.25) is 4.79 Å². The average Bonchev–Trinajstić information content (AvgIpc) is 2.58. The maximum absolute atomic E-state index is 12.7. The predicted octanol–water partition coefficient (Wildman–Crippen LogP) is 5.63. The zero-order valence-corrected chi connectivity index (χ0v) is 16.5. The molecule has 1 aliphatic heterocycles. The highest BCUT2D eigenvalue weighted by Gasteiger charge is 2.39. The molecule has 1 aromatic carbocycles. The summed E-state index contributed by atoms with van der Waals surface area (Å²) < 4.78 is 12.1. The zero-order valence-electron chi connectivity index (χ0n) is 16.5. The number of allylic oxidation sites excluding steroid dienone is 1. The molecule has 0 N–H and O–H groups in total. The van der Waals surface area contributed by atoms with Crippen LogP contribution in [0.4, 0.5) is 0 Å². The Morgan fingerprint density at radius 2 is 1.96 bits per heavy atom. The van der Waals surface area contributed by atoms with Crippen molar-refractivity contribution >= 4 is 5.97 Å². The van der Waals surface area contributed by atoms with E-state index in [0.717, 1.165) is 24.0 Å². The Morgan fingerprint density at radius 3 is 2.50 bits per heavy atom. The lowest BCUT2D eigenvalue weighted by atomic mass is 9.80. The van der Waals surface area contributed by atoms with Gasteiger partial charge in [0, 0.05) is 5.92 Å². The molecule has 0 bridgehead atoms. The second-order valence-corrected chi connectivity index (χ2v) is 8.20. The summed E-state index contributed by atoms with van der Waals surface area (Å²) in [6.45, 7) is 15.7. The van der Waals surface area contributed by atoms with Gasteiger partial charge in [0.25, 0.3) is 0 Å². The van der Waals surface area contributed by atoms with Crippen molar-refractivity contribution in [3.8, 4) is 0 Å². The Kier molecular flexibility index (Phi) is 6.82. The Morgan fingerprint density at radius 1 is 1.31 bits per heavy atom. The van der Waals surface area contributed by atoms with E-state index in [1.807, 2.05) is 39.0 Å². The fourth-order valence-electron chi connectivity index (χ4n) is 3.56. The molecule has 0 aromatic heterocycles. The second-order valence-electron chi connectivity index (χ2n) is 8.20. The molecule has 3 nitrogen and oxygen atoms in total. The van der Waals surface area contributed by atoms with Crippen LogP contribution >= 0.6 is 0 Å². The fraction of sp³-hybridized carbons (Fsp3) is 0.522. The summed E-state index contributed by atoms with van der Waals surface area (Å²) in [4.78, 5) is 12.7. The number of carbonyl (C=O) groups is 1. The van der Waals surface area contributed by atoms with Crippen LogP contribution in [0.2, 0.25) is 0 Å². The molecule has 4 atom stereocenters. The van der Waals surface area contributed by atoms with Gasteiger partial charge in [-0.15, -0.1) is 6.58 Å². The quantitative estimate of drug-likeness (QED) is 0.489. The highest BCUT2D eigenvalue weighted by molar-refractivity contribution is 5.73. The van der Waals surface area contributed by atoms with Gasteiger partial charge in [0.2, 0.25) is 0 Å². The predicted molar refractivity (Wildman–Crippen MR) is 106 cm³/mol. The minimum atomic E-state index is -0.510. The van der Waals surface area contributed by atoms with Gasteiger partial charge >= 0.3 is 5.97 Å². The maximum atomic E-state index is 12.7. The smallest absolute Gasteiger partial charge is 0.312 e. The van der Waals surface area contributed by atoms with E-state index in [-0.39, 0.29) is 30.0 Å². The molecule has 2 unspecified atom stereocenters. The Hall–Kier alpha value is -1.87. The van der Waals surface area contributed by atoms with Crippen molar-refractivity contribution in [3.63, 3.8) is 0 Å². The SMILES string of the molecule is C=CC[C@H](C(=O)OC(C)(C)C)[C@@H]1CCC(C(=C)C)C(c2ccccc2)O1. The Balaban J connectivity index is 2.24. The summed E-state index contributed by atoms with van der Waals surface area (Å²) in [6, 6.07) is 10.2.